The van der Waals surface area contributed by atoms with Gasteiger partial charge < -0.3 is 5.32 Å². The molecule has 0 fully saturated rings. The van der Waals surface area contributed by atoms with E-state index in [1.807, 2.05) is 50.2 Å². The highest BCUT2D eigenvalue weighted by Gasteiger charge is 2.14. The van der Waals surface area contributed by atoms with Gasteiger partial charge in [-0.3, -0.25) is 9.69 Å². The van der Waals surface area contributed by atoms with Gasteiger partial charge in [-0.05, 0) is 39.1 Å². The summed E-state index contributed by atoms with van der Waals surface area (Å²) >= 11 is 0. The first kappa shape index (κ1) is 12.7. The van der Waals surface area contributed by atoms with Gasteiger partial charge in [0, 0.05) is 5.56 Å². The summed E-state index contributed by atoms with van der Waals surface area (Å²) in [5.74, 6) is -0.00125. The van der Waals surface area contributed by atoms with E-state index in [-0.39, 0.29) is 12.1 Å². The molecule has 16 heavy (non-hydrogen) atoms. The van der Waals surface area contributed by atoms with E-state index in [0.717, 1.165) is 17.5 Å². The van der Waals surface area contributed by atoms with Gasteiger partial charge in [-0.1, -0.05) is 25.1 Å². The molecule has 0 aliphatic rings. The maximum absolute atomic E-state index is 12.0. The molecular weight excluding hydrogens is 200 g/mol. The predicted octanol–water partition coefficient (Wildman–Crippen LogP) is 2.02. The van der Waals surface area contributed by atoms with Crippen LogP contribution in [0.3, 0.4) is 0 Å². The van der Waals surface area contributed by atoms with Crippen LogP contribution in [0.25, 0.3) is 0 Å². The van der Waals surface area contributed by atoms with Crippen molar-refractivity contribution in [3.63, 3.8) is 0 Å². The van der Waals surface area contributed by atoms with E-state index in [1.54, 1.807) is 0 Å². The molecule has 0 bridgehead atoms. The van der Waals surface area contributed by atoms with Gasteiger partial charge in [0.15, 0.2) is 0 Å². The zero-order chi connectivity index (χ0) is 12.1. The van der Waals surface area contributed by atoms with Crippen LogP contribution in [0, 0.1) is 6.92 Å². The lowest BCUT2D eigenvalue weighted by molar-refractivity contribution is 0.0887. The molecule has 0 radical (unpaired) electrons. The van der Waals surface area contributed by atoms with E-state index < -0.39 is 0 Å². The fourth-order valence-electron chi connectivity index (χ4n) is 1.65. The molecule has 0 aromatic heterocycles. The van der Waals surface area contributed by atoms with Crippen molar-refractivity contribution in [3.8, 4) is 0 Å². The van der Waals surface area contributed by atoms with E-state index in [4.69, 9.17) is 0 Å². The Morgan fingerprint density at radius 1 is 1.38 bits per heavy atom. The van der Waals surface area contributed by atoms with Crippen molar-refractivity contribution in [2.75, 3.05) is 14.1 Å². The van der Waals surface area contributed by atoms with E-state index in [0.29, 0.717) is 0 Å². The third-order valence-corrected chi connectivity index (χ3v) is 2.70. The van der Waals surface area contributed by atoms with Crippen molar-refractivity contribution in [2.24, 2.45) is 0 Å². The van der Waals surface area contributed by atoms with Gasteiger partial charge in [0.05, 0.1) is 6.17 Å². The second-order valence-corrected chi connectivity index (χ2v) is 4.18. The number of aryl methyl sites for hydroxylation is 1. The third kappa shape index (κ3) is 3.07. The Bertz CT molecular complexity index is 361. The SMILES string of the molecule is CCC(NC(=O)c1ccccc1C)N(C)C. The minimum Gasteiger partial charge on any atom is -0.337 e. The average molecular weight is 220 g/mol. The van der Waals surface area contributed by atoms with Crippen LogP contribution in [0.5, 0.6) is 0 Å². The smallest absolute Gasteiger partial charge is 0.252 e. The summed E-state index contributed by atoms with van der Waals surface area (Å²) in [6.07, 6.45) is 0.983. The maximum atomic E-state index is 12.0. The van der Waals surface area contributed by atoms with Crippen LogP contribution in [0.15, 0.2) is 24.3 Å². The average Bonchev–Trinajstić information content (AvgIpc) is 2.25. The second kappa shape index (κ2) is 5.66. The first-order chi connectivity index (χ1) is 7.56. The Morgan fingerprint density at radius 2 is 2.00 bits per heavy atom. The first-order valence-corrected chi connectivity index (χ1v) is 5.59. The number of hydrogen-bond acceptors (Lipinski definition) is 2. The topological polar surface area (TPSA) is 32.3 Å². The van der Waals surface area contributed by atoms with Crippen LogP contribution in [-0.4, -0.2) is 31.1 Å². The Hall–Kier alpha value is -1.35. The minimum atomic E-state index is -0.00125. The fourth-order valence-corrected chi connectivity index (χ4v) is 1.65. The molecule has 0 aliphatic carbocycles. The van der Waals surface area contributed by atoms with Gasteiger partial charge in [0.2, 0.25) is 0 Å². The molecule has 0 saturated heterocycles. The van der Waals surface area contributed by atoms with Crippen molar-refractivity contribution in [2.45, 2.75) is 26.4 Å². The van der Waals surface area contributed by atoms with Gasteiger partial charge in [-0.15, -0.1) is 0 Å². The minimum absolute atomic E-state index is 0.00125. The first-order valence-electron chi connectivity index (χ1n) is 5.59. The van der Waals surface area contributed by atoms with Crippen molar-refractivity contribution >= 4 is 5.91 Å². The number of hydrogen-bond donors (Lipinski definition) is 1. The molecule has 0 aliphatic heterocycles. The summed E-state index contributed by atoms with van der Waals surface area (Å²) in [5.41, 5.74) is 1.76. The number of benzene rings is 1. The van der Waals surface area contributed by atoms with E-state index in [1.165, 1.54) is 0 Å². The Kier molecular flexibility index (Phi) is 4.50. The number of carbonyl (C=O) groups excluding carboxylic acids is 1. The molecule has 1 aromatic rings. The zero-order valence-corrected chi connectivity index (χ0v) is 10.4. The molecule has 1 N–H and O–H groups in total. The van der Waals surface area contributed by atoms with Gasteiger partial charge in [0.25, 0.3) is 5.91 Å². The van der Waals surface area contributed by atoms with E-state index in [9.17, 15) is 4.79 Å². The number of nitrogens with zero attached hydrogens (tertiary/aromatic N) is 1. The number of nitrogens with one attached hydrogen (secondary N) is 1. The standard InChI is InChI=1S/C13H20N2O/c1-5-12(15(3)4)14-13(16)11-9-7-6-8-10(11)2/h6-9,12H,5H2,1-4H3,(H,14,16). The van der Waals surface area contributed by atoms with Crippen LogP contribution < -0.4 is 5.32 Å². The summed E-state index contributed by atoms with van der Waals surface area (Å²) in [7, 11) is 3.93. The zero-order valence-electron chi connectivity index (χ0n) is 10.4. The van der Waals surface area contributed by atoms with Crippen LogP contribution in [0.2, 0.25) is 0 Å². The Balaban J connectivity index is 2.76. The quantitative estimate of drug-likeness (QED) is 0.787. The molecule has 3 nitrogen and oxygen atoms in total. The Morgan fingerprint density at radius 3 is 2.50 bits per heavy atom. The van der Waals surface area contributed by atoms with Gasteiger partial charge >= 0.3 is 0 Å². The molecule has 1 rings (SSSR count). The van der Waals surface area contributed by atoms with Crippen LogP contribution in [-0.2, 0) is 0 Å². The van der Waals surface area contributed by atoms with Crippen molar-refractivity contribution in [3.05, 3.63) is 35.4 Å². The van der Waals surface area contributed by atoms with Crippen LogP contribution >= 0.6 is 0 Å². The second-order valence-electron chi connectivity index (χ2n) is 4.18. The number of carbonyl (C=O) groups is 1. The molecular formula is C13H20N2O. The lowest BCUT2D eigenvalue weighted by Crippen LogP contribution is -2.44. The highest BCUT2D eigenvalue weighted by molar-refractivity contribution is 5.95. The molecule has 3 heteroatoms. The van der Waals surface area contributed by atoms with Crippen molar-refractivity contribution in [1.82, 2.24) is 10.2 Å². The van der Waals surface area contributed by atoms with E-state index in [2.05, 4.69) is 12.2 Å². The van der Waals surface area contributed by atoms with Gasteiger partial charge in [0.1, 0.15) is 0 Å². The summed E-state index contributed by atoms with van der Waals surface area (Å²) in [6.45, 7) is 4.01. The molecule has 0 heterocycles. The highest BCUT2D eigenvalue weighted by Crippen LogP contribution is 2.07. The normalized spacial score (nSPS) is 12.6. The summed E-state index contributed by atoms with van der Waals surface area (Å²) < 4.78 is 0. The molecule has 1 atom stereocenters. The summed E-state index contributed by atoms with van der Waals surface area (Å²) in [5, 5.41) is 3.01. The molecule has 1 unspecified atom stereocenters. The maximum Gasteiger partial charge on any atom is 0.252 e. The van der Waals surface area contributed by atoms with Crippen molar-refractivity contribution in [1.29, 1.82) is 0 Å². The monoisotopic (exact) mass is 220 g/mol. The van der Waals surface area contributed by atoms with E-state index >= 15 is 0 Å². The van der Waals surface area contributed by atoms with Gasteiger partial charge in [-0.25, -0.2) is 0 Å². The molecule has 1 aromatic carbocycles. The molecule has 0 saturated carbocycles. The summed E-state index contributed by atoms with van der Waals surface area (Å²) in [4.78, 5) is 14.0. The third-order valence-electron chi connectivity index (χ3n) is 2.70. The number of rotatable bonds is 4. The van der Waals surface area contributed by atoms with Crippen molar-refractivity contribution < 1.29 is 4.79 Å². The lowest BCUT2D eigenvalue weighted by atomic mass is 10.1. The summed E-state index contributed by atoms with van der Waals surface area (Å²) in [6, 6.07) is 7.63. The van der Waals surface area contributed by atoms with Gasteiger partial charge in [-0.2, -0.15) is 0 Å². The highest BCUT2D eigenvalue weighted by atomic mass is 16.1. The number of amides is 1. The van der Waals surface area contributed by atoms with Crippen LogP contribution in [0.4, 0.5) is 0 Å². The molecule has 88 valence electrons. The fraction of sp³-hybridized carbons (Fsp3) is 0.462. The Labute approximate surface area is 97.5 Å². The van der Waals surface area contributed by atoms with Crippen LogP contribution in [0.1, 0.15) is 29.3 Å². The lowest BCUT2D eigenvalue weighted by Gasteiger charge is -2.24. The molecule has 0 spiro atoms. The predicted molar refractivity (Wildman–Crippen MR) is 66.4 cm³/mol. The largest absolute Gasteiger partial charge is 0.337 e. The molecule has 1 amide bonds.